The Morgan fingerprint density at radius 2 is 2.11 bits per heavy atom. The second-order valence-corrected chi connectivity index (χ2v) is 7.02. The molecule has 94 valence electrons. The Balaban J connectivity index is 1.65. The number of benzene rings is 1. The molecule has 0 radical (unpaired) electrons. The third-order valence-electron chi connectivity index (χ3n) is 5.05. The fourth-order valence-electron chi connectivity index (χ4n) is 4.17. The first-order valence-corrected chi connectivity index (χ1v) is 7.83. The van der Waals surface area contributed by atoms with Crippen molar-refractivity contribution in [3.05, 3.63) is 34.9 Å². The molecule has 2 aliphatic carbocycles. The molecule has 1 aromatic heterocycles. The van der Waals surface area contributed by atoms with Gasteiger partial charge in [0.25, 0.3) is 0 Å². The van der Waals surface area contributed by atoms with Crippen molar-refractivity contribution >= 4 is 26.8 Å². The monoisotopic (exact) mass is 303 g/mol. The summed E-state index contributed by atoms with van der Waals surface area (Å²) in [6.07, 6.45) is 8.23. The molecule has 1 nitrogen and oxygen atoms in total. The van der Waals surface area contributed by atoms with Crippen molar-refractivity contribution in [3.8, 4) is 0 Å². The van der Waals surface area contributed by atoms with Gasteiger partial charge < -0.3 is 4.57 Å². The lowest BCUT2D eigenvalue weighted by molar-refractivity contribution is 0.299. The predicted molar refractivity (Wildman–Crippen MR) is 78.6 cm³/mol. The Labute approximate surface area is 116 Å². The summed E-state index contributed by atoms with van der Waals surface area (Å²) in [5, 5.41) is 1.36. The Hall–Kier alpha value is -0.760. The molecule has 2 aliphatic rings. The van der Waals surface area contributed by atoms with E-state index in [-0.39, 0.29) is 0 Å². The van der Waals surface area contributed by atoms with Gasteiger partial charge in [-0.2, -0.15) is 0 Å². The Morgan fingerprint density at radius 3 is 2.89 bits per heavy atom. The SMILES string of the molecule is Brc1ccc2ccn(CC3CC4CCC3C4)c2c1. The van der Waals surface area contributed by atoms with Gasteiger partial charge in [-0.3, -0.25) is 0 Å². The number of hydrogen-bond donors (Lipinski definition) is 0. The van der Waals surface area contributed by atoms with Gasteiger partial charge in [0, 0.05) is 22.7 Å². The van der Waals surface area contributed by atoms with E-state index in [0.29, 0.717) is 0 Å². The van der Waals surface area contributed by atoms with Crippen LogP contribution < -0.4 is 0 Å². The van der Waals surface area contributed by atoms with E-state index in [4.69, 9.17) is 0 Å². The molecule has 0 amide bonds. The highest BCUT2D eigenvalue weighted by atomic mass is 79.9. The summed E-state index contributed by atoms with van der Waals surface area (Å²) >= 11 is 3.58. The van der Waals surface area contributed by atoms with E-state index in [1.807, 2.05) is 0 Å². The van der Waals surface area contributed by atoms with Crippen LogP contribution in [0.3, 0.4) is 0 Å². The summed E-state index contributed by atoms with van der Waals surface area (Å²) in [5.41, 5.74) is 1.38. The maximum absolute atomic E-state index is 3.58. The molecule has 18 heavy (non-hydrogen) atoms. The van der Waals surface area contributed by atoms with Crippen molar-refractivity contribution in [2.45, 2.75) is 32.2 Å². The predicted octanol–water partition coefficient (Wildman–Crippen LogP) is 4.84. The van der Waals surface area contributed by atoms with Crippen LogP contribution in [0.1, 0.15) is 25.7 Å². The average Bonchev–Trinajstić information content (AvgIpc) is 3.05. The molecule has 3 atom stereocenters. The first kappa shape index (κ1) is 11.1. The molecule has 2 fully saturated rings. The molecule has 3 unspecified atom stereocenters. The molecule has 0 spiro atoms. The summed E-state index contributed by atoms with van der Waals surface area (Å²) in [4.78, 5) is 0. The normalized spacial score (nSPS) is 30.4. The topological polar surface area (TPSA) is 4.93 Å². The van der Waals surface area contributed by atoms with Crippen LogP contribution >= 0.6 is 15.9 Å². The second-order valence-electron chi connectivity index (χ2n) is 6.11. The quantitative estimate of drug-likeness (QED) is 0.748. The van der Waals surface area contributed by atoms with Crippen LogP contribution in [0.4, 0.5) is 0 Å². The Bertz CT molecular complexity index is 586. The highest BCUT2D eigenvalue weighted by Crippen LogP contribution is 2.49. The van der Waals surface area contributed by atoms with Gasteiger partial charge in [0.2, 0.25) is 0 Å². The maximum atomic E-state index is 3.58. The van der Waals surface area contributed by atoms with Crippen LogP contribution in [-0.2, 0) is 6.54 Å². The molecule has 2 heteroatoms. The van der Waals surface area contributed by atoms with E-state index in [1.54, 1.807) is 0 Å². The number of rotatable bonds is 2. The lowest BCUT2D eigenvalue weighted by Gasteiger charge is -2.22. The average molecular weight is 304 g/mol. The number of aromatic nitrogens is 1. The van der Waals surface area contributed by atoms with E-state index in [9.17, 15) is 0 Å². The fraction of sp³-hybridized carbons (Fsp3) is 0.500. The van der Waals surface area contributed by atoms with Gasteiger partial charge in [0.05, 0.1) is 0 Å². The van der Waals surface area contributed by atoms with Gasteiger partial charge >= 0.3 is 0 Å². The number of fused-ring (bicyclic) bond motifs is 3. The molecule has 2 bridgehead atoms. The molecular weight excluding hydrogens is 286 g/mol. The summed E-state index contributed by atoms with van der Waals surface area (Å²) in [7, 11) is 0. The Kier molecular flexibility index (Phi) is 2.54. The van der Waals surface area contributed by atoms with Gasteiger partial charge in [-0.1, -0.05) is 28.4 Å². The van der Waals surface area contributed by atoms with Crippen LogP contribution in [0.2, 0.25) is 0 Å². The summed E-state index contributed by atoms with van der Waals surface area (Å²) < 4.78 is 3.65. The molecule has 1 aromatic carbocycles. The van der Waals surface area contributed by atoms with E-state index in [2.05, 4.69) is 51.0 Å². The van der Waals surface area contributed by atoms with Crippen molar-refractivity contribution < 1.29 is 0 Å². The second kappa shape index (κ2) is 4.12. The lowest BCUT2D eigenvalue weighted by Crippen LogP contribution is -2.16. The van der Waals surface area contributed by atoms with Crippen molar-refractivity contribution in [2.75, 3.05) is 0 Å². The van der Waals surface area contributed by atoms with Crippen molar-refractivity contribution in [2.24, 2.45) is 17.8 Å². The molecular formula is C16H18BrN. The van der Waals surface area contributed by atoms with Gasteiger partial charge in [0.15, 0.2) is 0 Å². The molecule has 2 saturated carbocycles. The van der Waals surface area contributed by atoms with Gasteiger partial charge in [-0.15, -0.1) is 0 Å². The fourth-order valence-corrected chi connectivity index (χ4v) is 4.52. The van der Waals surface area contributed by atoms with Gasteiger partial charge in [-0.25, -0.2) is 0 Å². The number of hydrogen-bond acceptors (Lipinski definition) is 0. The molecule has 0 aliphatic heterocycles. The van der Waals surface area contributed by atoms with E-state index >= 15 is 0 Å². The van der Waals surface area contributed by atoms with Crippen molar-refractivity contribution in [1.82, 2.24) is 4.57 Å². The first-order valence-electron chi connectivity index (χ1n) is 7.04. The number of halogens is 1. The maximum Gasteiger partial charge on any atom is 0.0491 e. The van der Waals surface area contributed by atoms with Crippen molar-refractivity contribution in [1.29, 1.82) is 0 Å². The van der Waals surface area contributed by atoms with Crippen LogP contribution in [0.5, 0.6) is 0 Å². The van der Waals surface area contributed by atoms with Gasteiger partial charge in [0.1, 0.15) is 0 Å². The minimum Gasteiger partial charge on any atom is -0.347 e. The smallest absolute Gasteiger partial charge is 0.0491 e. The summed E-state index contributed by atoms with van der Waals surface area (Å²) in [5.74, 6) is 2.99. The van der Waals surface area contributed by atoms with Gasteiger partial charge in [-0.05, 0) is 60.6 Å². The molecule has 0 saturated heterocycles. The lowest BCUT2D eigenvalue weighted by atomic mass is 9.89. The minimum absolute atomic E-state index is 0.929. The highest BCUT2D eigenvalue weighted by Gasteiger charge is 2.39. The van der Waals surface area contributed by atoms with Crippen LogP contribution in [0, 0.1) is 17.8 Å². The molecule has 0 N–H and O–H groups in total. The zero-order valence-corrected chi connectivity index (χ0v) is 12.1. The molecule has 1 heterocycles. The Morgan fingerprint density at radius 1 is 1.17 bits per heavy atom. The van der Waals surface area contributed by atoms with Crippen LogP contribution in [-0.4, -0.2) is 4.57 Å². The first-order chi connectivity index (χ1) is 8.79. The number of nitrogens with zero attached hydrogens (tertiary/aromatic N) is 1. The van der Waals surface area contributed by atoms with Crippen LogP contribution in [0.25, 0.3) is 10.9 Å². The van der Waals surface area contributed by atoms with E-state index < -0.39 is 0 Å². The summed E-state index contributed by atoms with van der Waals surface area (Å²) in [6.45, 7) is 1.22. The van der Waals surface area contributed by atoms with Crippen molar-refractivity contribution in [3.63, 3.8) is 0 Å². The zero-order chi connectivity index (χ0) is 12.1. The zero-order valence-electron chi connectivity index (χ0n) is 10.5. The van der Waals surface area contributed by atoms with E-state index in [1.165, 1.54) is 47.6 Å². The standard InChI is InChI=1S/C16H18BrN/c17-15-4-3-12-5-6-18(16(12)9-15)10-14-8-11-1-2-13(14)7-11/h3-6,9,11,13-14H,1-2,7-8,10H2. The third-order valence-corrected chi connectivity index (χ3v) is 5.54. The molecule has 4 rings (SSSR count). The van der Waals surface area contributed by atoms with Crippen LogP contribution in [0.15, 0.2) is 34.9 Å². The highest BCUT2D eigenvalue weighted by molar-refractivity contribution is 9.10. The largest absolute Gasteiger partial charge is 0.347 e. The van der Waals surface area contributed by atoms with E-state index in [0.717, 1.165) is 17.8 Å². The third kappa shape index (κ3) is 1.73. The minimum atomic E-state index is 0.929. The molecule has 2 aromatic rings. The summed E-state index contributed by atoms with van der Waals surface area (Å²) in [6, 6.07) is 8.83.